The first-order valence-corrected chi connectivity index (χ1v) is 9.75. The smallest absolute Gasteiger partial charge is 0.300 e. The van der Waals surface area contributed by atoms with E-state index in [2.05, 4.69) is 0 Å². The first kappa shape index (κ1) is 20.6. The van der Waals surface area contributed by atoms with Gasteiger partial charge in [0, 0.05) is 16.3 Å². The number of Topliss-reactive ketones (excluding diaryl/α,β-unsaturated/α-hetero) is 1. The molecular weight excluding hydrogens is 421 g/mol. The molecule has 0 radical (unpaired) electrons. The van der Waals surface area contributed by atoms with E-state index in [1.165, 1.54) is 36.3 Å². The number of nitrogens with zero attached hydrogens (tertiary/aromatic N) is 1. The van der Waals surface area contributed by atoms with Crippen LogP contribution in [0.5, 0.6) is 5.75 Å². The van der Waals surface area contributed by atoms with Crippen LogP contribution in [0.4, 0.5) is 10.1 Å². The zero-order valence-electron chi connectivity index (χ0n) is 16.4. The summed E-state index contributed by atoms with van der Waals surface area (Å²) in [5, 5.41) is 11.5. The second-order valence-corrected chi connectivity index (χ2v) is 7.36. The van der Waals surface area contributed by atoms with Crippen LogP contribution in [0.3, 0.4) is 0 Å². The van der Waals surface area contributed by atoms with E-state index in [4.69, 9.17) is 16.3 Å². The molecule has 1 saturated heterocycles. The van der Waals surface area contributed by atoms with Gasteiger partial charge in [0.05, 0.1) is 18.7 Å². The predicted octanol–water partition coefficient (Wildman–Crippen LogP) is 5.11. The Morgan fingerprint density at radius 2 is 1.58 bits per heavy atom. The van der Waals surface area contributed by atoms with Gasteiger partial charge in [-0.15, -0.1) is 0 Å². The average molecular weight is 438 g/mol. The zero-order valence-corrected chi connectivity index (χ0v) is 17.1. The Morgan fingerprint density at radius 3 is 2.16 bits per heavy atom. The summed E-state index contributed by atoms with van der Waals surface area (Å²) in [6, 6.07) is 17.4. The van der Waals surface area contributed by atoms with Gasteiger partial charge in [0.1, 0.15) is 17.3 Å². The number of anilines is 1. The van der Waals surface area contributed by atoms with Crippen LogP contribution in [0.15, 0.2) is 78.4 Å². The zero-order chi connectivity index (χ0) is 22.1. The quantitative estimate of drug-likeness (QED) is 0.350. The highest BCUT2D eigenvalue weighted by atomic mass is 35.5. The Balaban J connectivity index is 1.92. The molecule has 5 nitrogen and oxygen atoms in total. The lowest BCUT2D eigenvalue weighted by atomic mass is 9.95. The largest absolute Gasteiger partial charge is 0.507 e. The molecule has 3 aromatic carbocycles. The van der Waals surface area contributed by atoms with Crippen molar-refractivity contribution in [3.8, 4) is 5.75 Å². The minimum Gasteiger partial charge on any atom is -0.507 e. The Bertz CT molecular complexity index is 1170. The molecule has 7 heteroatoms. The summed E-state index contributed by atoms with van der Waals surface area (Å²) in [6.45, 7) is 0. The van der Waals surface area contributed by atoms with Crippen molar-refractivity contribution >= 4 is 34.7 Å². The molecule has 1 fully saturated rings. The summed E-state index contributed by atoms with van der Waals surface area (Å²) >= 11 is 5.93. The molecule has 0 saturated carbocycles. The number of hydrogen-bond acceptors (Lipinski definition) is 4. The lowest BCUT2D eigenvalue weighted by Gasteiger charge is -2.25. The first-order chi connectivity index (χ1) is 14.9. The molecule has 0 unspecified atom stereocenters. The molecule has 1 aliphatic heterocycles. The summed E-state index contributed by atoms with van der Waals surface area (Å²) in [5.41, 5.74) is 1.20. The summed E-state index contributed by atoms with van der Waals surface area (Å²) < 4.78 is 18.7. The van der Waals surface area contributed by atoms with Crippen LogP contribution in [-0.2, 0) is 9.59 Å². The maximum absolute atomic E-state index is 13.5. The summed E-state index contributed by atoms with van der Waals surface area (Å²) in [6.07, 6.45) is 0. The van der Waals surface area contributed by atoms with Gasteiger partial charge in [0.15, 0.2) is 0 Å². The first-order valence-electron chi connectivity index (χ1n) is 9.37. The molecule has 0 spiro atoms. The molecule has 1 N–H and O–H groups in total. The molecule has 31 heavy (non-hydrogen) atoms. The molecule has 0 aliphatic carbocycles. The normalized spacial score (nSPS) is 17.8. The molecular formula is C24H17ClFNO4. The second-order valence-electron chi connectivity index (χ2n) is 6.93. The highest BCUT2D eigenvalue weighted by Gasteiger charge is 2.46. The third-order valence-electron chi connectivity index (χ3n) is 5.10. The molecule has 4 rings (SSSR count). The van der Waals surface area contributed by atoms with Crippen LogP contribution in [0, 0.1) is 5.82 Å². The Labute approximate surface area is 182 Å². The molecule has 1 atom stereocenters. The lowest BCUT2D eigenvalue weighted by molar-refractivity contribution is -0.132. The van der Waals surface area contributed by atoms with Gasteiger partial charge in [-0.3, -0.25) is 14.5 Å². The highest BCUT2D eigenvalue weighted by Crippen LogP contribution is 2.42. The van der Waals surface area contributed by atoms with E-state index in [0.29, 0.717) is 27.6 Å². The van der Waals surface area contributed by atoms with Gasteiger partial charge in [-0.2, -0.15) is 0 Å². The minimum atomic E-state index is -0.910. The number of amides is 1. The highest BCUT2D eigenvalue weighted by molar-refractivity contribution is 6.51. The van der Waals surface area contributed by atoms with E-state index in [1.54, 1.807) is 48.5 Å². The van der Waals surface area contributed by atoms with Crippen molar-refractivity contribution in [1.82, 2.24) is 0 Å². The average Bonchev–Trinajstić information content (AvgIpc) is 3.05. The van der Waals surface area contributed by atoms with E-state index in [1.807, 2.05) is 0 Å². The number of ketones is 1. The van der Waals surface area contributed by atoms with Crippen LogP contribution >= 0.6 is 11.6 Å². The number of aliphatic hydroxyl groups is 1. The van der Waals surface area contributed by atoms with Crippen LogP contribution in [0.25, 0.3) is 5.76 Å². The number of halogens is 2. The lowest BCUT2D eigenvalue weighted by Crippen LogP contribution is -2.29. The number of methoxy groups -OCH3 is 1. The Kier molecular flexibility index (Phi) is 5.48. The van der Waals surface area contributed by atoms with Crippen LogP contribution < -0.4 is 9.64 Å². The van der Waals surface area contributed by atoms with Gasteiger partial charge in [-0.25, -0.2) is 4.39 Å². The van der Waals surface area contributed by atoms with Crippen molar-refractivity contribution in [2.75, 3.05) is 12.0 Å². The van der Waals surface area contributed by atoms with Gasteiger partial charge in [0.25, 0.3) is 11.7 Å². The van der Waals surface area contributed by atoms with Gasteiger partial charge in [0.2, 0.25) is 0 Å². The molecule has 1 amide bonds. The summed E-state index contributed by atoms with van der Waals surface area (Å²) in [5.74, 6) is -1.84. The van der Waals surface area contributed by atoms with Crippen LogP contribution in [-0.4, -0.2) is 23.9 Å². The number of aliphatic hydroxyl groups excluding tert-OH is 1. The Hall–Kier alpha value is -3.64. The van der Waals surface area contributed by atoms with Gasteiger partial charge in [-0.05, 0) is 66.2 Å². The van der Waals surface area contributed by atoms with E-state index in [0.717, 1.165) is 0 Å². The molecule has 1 heterocycles. The maximum atomic E-state index is 13.5. The fourth-order valence-corrected chi connectivity index (χ4v) is 3.69. The van der Waals surface area contributed by atoms with E-state index < -0.39 is 23.5 Å². The van der Waals surface area contributed by atoms with Crippen molar-refractivity contribution in [2.45, 2.75) is 6.04 Å². The van der Waals surface area contributed by atoms with E-state index in [-0.39, 0.29) is 11.3 Å². The minimum absolute atomic E-state index is 0.0678. The van der Waals surface area contributed by atoms with Crippen molar-refractivity contribution in [3.63, 3.8) is 0 Å². The third-order valence-corrected chi connectivity index (χ3v) is 5.35. The number of carbonyl (C=O) groups is 2. The fraction of sp³-hybridized carbons (Fsp3) is 0.0833. The predicted molar refractivity (Wildman–Crippen MR) is 116 cm³/mol. The van der Waals surface area contributed by atoms with Crippen LogP contribution in [0.2, 0.25) is 5.02 Å². The molecule has 0 aromatic heterocycles. The fourth-order valence-electron chi connectivity index (χ4n) is 3.57. The van der Waals surface area contributed by atoms with Crippen molar-refractivity contribution in [1.29, 1.82) is 0 Å². The summed E-state index contributed by atoms with van der Waals surface area (Å²) in [4.78, 5) is 27.3. The van der Waals surface area contributed by atoms with Crippen molar-refractivity contribution < 1.29 is 23.8 Å². The summed E-state index contributed by atoms with van der Waals surface area (Å²) in [7, 11) is 1.53. The van der Waals surface area contributed by atoms with E-state index in [9.17, 15) is 19.1 Å². The Morgan fingerprint density at radius 1 is 0.968 bits per heavy atom. The molecule has 3 aromatic rings. The number of carbonyl (C=O) groups excluding carboxylic acids is 2. The third kappa shape index (κ3) is 3.78. The number of benzene rings is 3. The second kappa shape index (κ2) is 8.24. The van der Waals surface area contributed by atoms with Crippen LogP contribution in [0.1, 0.15) is 17.2 Å². The van der Waals surface area contributed by atoms with E-state index >= 15 is 0 Å². The number of hydrogen-bond donors (Lipinski definition) is 1. The number of rotatable bonds is 4. The van der Waals surface area contributed by atoms with Gasteiger partial charge >= 0.3 is 0 Å². The van der Waals surface area contributed by atoms with Crippen molar-refractivity contribution in [2.24, 2.45) is 0 Å². The van der Waals surface area contributed by atoms with Gasteiger partial charge < -0.3 is 9.84 Å². The van der Waals surface area contributed by atoms with Gasteiger partial charge in [-0.1, -0.05) is 23.7 Å². The SMILES string of the molecule is COc1ccc([C@@H]2C(=C(O)c3ccc(Cl)cc3)C(=O)C(=O)N2c2ccc(F)cc2)cc1. The monoisotopic (exact) mass is 437 g/mol. The standard InChI is InChI=1S/C24H17ClFNO4/c1-31-19-12-4-14(5-13-19)21-20(22(28)15-2-6-16(25)7-3-15)23(29)24(30)27(21)18-10-8-17(26)9-11-18/h2-13,21,28H,1H3/t21-/m1/s1. The molecule has 0 bridgehead atoms. The number of ether oxygens (including phenoxy) is 1. The van der Waals surface area contributed by atoms with Crippen molar-refractivity contribution in [3.05, 3.63) is 100 Å². The molecule has 156 valence electrons. The maximum Gasteiger partial charge on any atom is 0.300 e. The molecule has 1 aliphatic rings. The topological polar surface area (TPSA) is 66.8 Å².